The van der Waals surface area contributed by atoms with Crippen LogP contribution in [0, 0.1) is 0 Å². The molecular formula is C17H26N2O3. The topological polar surface area (TPSA) is 66.6 Å². The van der Waals surface area contributed by atoms with Crippen molar-refractivity contribution in [3.8, 4) is 0 Å². The number of hydrogen-bond acceptors (Lipinski definition) is 4. The number of aliphatic hydroxyl groups is 1. The summed E-state index contributed by atoms with van der Waals surface area (Å²) < 4.78 is 5.18. The highest BCUT2D eigenvalue weighted by atomic mass is 16.5. The molecule has 1 amide bonds. The molecule has 5 heteroatoms. The van der Waals surface area contributed by atoms with Gasteiger partial charge < -0.3 is 14.5 Å². The van der Waals surface area contributed by atoms with Gasteiger partial charge in [0.15, 0.2) is 0 Å². The first kappa shape index (κ1) is 15.5. The van der Waals surface area contributed by atoms with Gasteiger partial charge in [0.05, 0.1) is 6.61 Å². The van der Waals surface area contributed by atoms with Gasteiger partial charge in [-0.05, 0) is 25.7 Å². The smallest absolute Gasteiger partial charge is 0.292 e. The molecule has 0 saturated heterocycles. The van der Waals surface area contributed by atoms with E-state index in [1.165, 1.54) is 38.5 Å². The summed E-state index contributed by atoms with van der Waals surface area (Å²) in [4.78, 5) is 15.1. The van der Waals surface area contributed by atoms with Crippen LogP contribution in [-0.4, -0.2) is 33.2 Å². The fourth-order valence-electron chi connectivity index (χ4n) is 3.96. The number of hydrogen-bond donors (Lipinski definition) is 1. The Labute approximate surface area is 131 Å². The van der Waals surface area contributed by atoms with Crippen LogP contribution >= 0.6 is 0 Å². The largest absolute Gasteiger partial charge is 0.390 e. The van der Waals surface area contributed by atoms with Crippen LogP contribution in [0.3, 0.4) is 0 Å². The number of carbonyl (C=O) groups is 1. The molecule has 2 fully saturated rings. The van der Waals surface area contributed by atoms with Crippen molar-refractivity contribution in [1.82, 2.24) is 10.1 Å². The number of nitrogens with zero attached hydrogens (tertiary/aromatic N) is 2. The molecule has 0 spiro atoms. The summed E-state index contributed by atoms with van der Waals surface area (Å²) in [5.41, 5.74) is 0.426. The molecular weight excluding hydrogens is 280 g/mol. The lowest BCUT2D eigenvalue weighted by atomic mass is 9.88. The molecule has 0 radical (unpaired) electrons. The predicted molar refractivity (Wildman–Crippen MR) is 82.3 cm³/mol. The van der Waals surface area contributed by atoms with Crippen LogP contribution in [0.15, 0.2) is 10.6 Å². The fraction of sp³-hybridized carbons (Fsp3) is 0.765. The third kappa shape index (κ3) is 3.35. The zero-order valence-electron chi connectivity index (χ0n) is 13.2. The Bertz CT molecular complexity index is 470. The lowest BCUT2D eigenvalue weighted by molar-refractivity contribution is 0.0408. The van der Waals surface area contributed by atoms with Crippen molar-refractivity contribution in [2.24, 2.45) is 0 Å². The minimum atomic E-state index is -0.191. The van der Waals surface area contributed by atoms with E-state index in [0.717, 1.165) is 25.7 Å². The average molecular weight is 306 g/mol. The summed E-state index contributed by atoms with van der Waals surface area (Å²) in [5, 5.41) is 12.9. The minimum Gasteiger partial charge on any atom is -0.390 e. The molecule has 0 aliphatic heterocycles. The molecule has 0 bridgehead atoms. The maximum Gasteiger partial charge on any atom is 0.292 e. The minimum absolute atomic E-state index is 0.0361. The van der Waals surface area contributed by atoms with E-state index in [9.17, 15) is 4.79 Å². The van der Waals surface area contributed by atoms with Gasteiger partial charge in [-0.15, -0.1) is 0 Å². The van der Waals surface area contributed by atoms with Crippen molar-refractivity contribution in [2.75, 3.05) is 0 Å². The van der Waals surface area contributed by atoms with E-state index < -0.39 is 0 Å². The molecule has 1 N–H and O–H groups in total. The second kappa shape index (κ2) is 7.27. The SMILES string of the molecule is O=C(c1cc(CO)no1)N(C1CCCCC1)C1CCCCC1. The standard InChI is InChI=1S/C17H26N2O3/c20-12-13-11-16(22-18-13)17(21)19(14-7-3-1-4-8-14)15-9-5-2-6-10-15/h11,14-15,20H,1-10,12H2. The Kier molecular flexibility index (Phi) is 5.13. The maximum absolute atomic E-state index is 13.0. The summed E-state index contributed by atoms with van der Waals surface area (Å²) in [5.74, 6) is 0.242. The highest BCUT2D eigenvalue weighted by Crippen LogP contribution is 2.31. The molecule has 122 valence electrons. The zero-order chi connectivity index (χ0) is 15.4. The number of rotatable bonds is 4. The van der Waals surface area contributed by atoms with Crippen LogP contribution in [0.1, 0.15) is 80.5 Å². The maximum atomic E-state index is 13.0. The third-order valence-electron chi connectivity index (χ3n) is 5.10. The molecule has 0 unspecified atom stereocenters. The van der Waals surface area contributed by atoms with Crippen molar-refractivity contribution >= 4 is 5.91 Å². The summed E-state index contributed by atoms with van der Waals surface area (Å²) in [7, 11) is 0. The van der Waals surface area contributed by atoms with Crippen LogP contribution in [-0.2, 0) is 6.61 Å². The van der Waals surface area contributed by atoms with E-state index in [2.05, 4.69) is 10.1 Å². The van der Waals surface area contributed by atoms with E-state index in [1.54, 1.807) is 6.07 Å². The first-order valence-electron chi connectivity index (χ1n) is 8.68. The monoisotopic (exact) mass is 306 g/mol. The molecule has 0 aromatic carbocycles. The first-order chi connectivity index (χ1) is 10.8. The van der Waals surface area contributed by atoms with Gasteiger partial charge in [0.25, 0.3) is 5.91 Å². The van der Waals surface area contributed by atoms with Crippen LogP contribution in [0.4, 0.5) is 0 Å². The highest BCUT2D eigenvalue weighted by molar-refractivity contribution is 5.92. The fourth-order valence-corrected chi connectivity index (χ4v) is 3.96. The second-order valence-electron chi connectivity index (χ2n) is 6.64. The molecule has 0 atom stereocenters. The normalized spacial score (nSPS) is 21.0. The Hall–Kier alpha value is -1.36. The Morgan fingerprint density at radius 3 is 2.09 bits per heavy atom. The Morgan fingerprint density at radius 1 is 1.09 bits per heavy atom. The molecule has 22 heavy (non-hydrogen) atoms. The summed E-state index contributed by atoms with van der Waals surface area (Å²) in [6.07, 6.45) is 11.8. The van der Waals surface area contributed by atoms with E-state index in [0.29, 0.717) is 17.8 Å². The number of carbonyl (C=O) groups excluding carboxylic acids is 1. The van der Waals surface area contributed by atoms with Crippen LogP contribution in [0.5, 0.6) is 0 Å². The molecule has 1 aromatic rings. The van der Waals surface area contributed by atoms with Crippen LogP contribution < -0.4 is 0 Å². The lowest BCUT2D eigenvalue weighted by Crippen LogP contribution is -2.48. The molecule has 2 aliphatic carbocycles. The third-order valence-corrected chi connectivity index (χ3v) is 5.10. The average Bonchev–Trinajstić information content (AvgIpc) is 3.06. The van der Waals surface area contributed by atoms with Gasteiger partial charge in [0.2, 0.25) is 5.76 Å². The molecule has 1 heterocycles. The van der Waals surface area contributed by atoms with Gasteiger partial charge >= 0.3 is 0 Å². The molecule has 2 saturated carbocycles. The summed E-state index contributed by atoms with van der Waals surface area (Å²) in [6.45, 7) is -0.191. The van der Waals surface area contributed by atoms with Gasteiger partial charge in [-0.2, -0.15) is 0 Å². The van der Waals surface area contributed by atoms with Crippen LogP contribution in [0.2, 0.25) is 0 Å². The predicted octanol–water partition coefficient (Wildman–Crippen LogP) is 3.27. The number of aromatic nitrogens is 1. The summed E-state index contributed by atoms with van der Waals surface area (Å²) in [6, 6.07) is 2.26. The lowest BCUT2D eigenvalue weighted by Gasteiger charge is -2.41. The molecule has 3 rings (SSSR count). The van der Waals surface area contributed by atoms with Gasteiger partial charge in [-0.1, -0.05) is 43.7 Å². The van der Waals surface area contributed by atoms with Crippen molar-refractivity contribution in [3.63, 3.8) is 0 Å². The van der Waals surface area contributed by atoms with Gasteiger partial charge in [0.1, 0.15) is 5.69 Å². The highest BCUT2D eigenvalue weighted by Gasteiger charge is 2.34. The van der Waals surface area contributed by atoms with Crippen molar-refractivity contribution in [3.05, 3.63) is 17.5 Å². The number of aliphatic hydroxyl groups excluding tert-OH is 1. The van der Waals surface area contributed by atoms with Gasteiger partial charge in [0, 0.05) is 18.2 Å². The summed E-state index contributed by atoms with van der Waals surface area (Å²) >= 11 is 0. The molecule has 5 nitrogen and oxygen atoms in total. The molecule has 1 aromatic heterocycles. The first-order valence-corrected chi connectivity index (χ1v) is 8.68. The van der Waals surface area contributed by atoms with Crippen molar-refractivity contribution in [2.45, 2.75) is 82.9 Å². The Morgan fingerprint density at radius 2 is 1.64 bits per heavy atom. The van der Waals surface area contributed by atoms with E-state index in [1.807, 2.05) is 0 Å². The van der Waals surface area contributed by atoms with E-state index >= 15 is 0 Å². The van der Waals surface area contributed by atoms with Crippen molar-refractivity contribution in [1.29, 1.82) is 0 Å². The van der Waals surface area contributed by atoms with E-state index in [-0.39, 0.29) is 18.3 Å². The van der Waals surface area contributed by atoms with Gasteiger partial charge in [-0.25, -0.2) is 0 Å². The van der Waals surface area contributed by atoms with E-state index in [4.69, 9.17) is 9.63 Å². The molecule has 2 aliphatic rings. The van der Waals surface area contributed by atoms with Crippen molar-refractivity contribution < 1.29 is 14.4 Å². The Balaban J connectivity index is 1.80. The van der Waals surface area contributed by atoms with Crippen LogP contribution in [0.25, 0.3) is 0 Å². The van der Waals surface area contributed by atoms with Gasteiger partial charge in [-0.3, -0.25) is 4.79 Å². The second-order valence-corrected chi connectivity index (χ2v) is 6.64. The number of amides is 1. The quantitative estimate of drug-likeness (QED) is 0.927. The zero-order valence-corrected chi connectivity index (χ0v) is 13.2.